The summed E-state index contributed by atoms with van der Waals surface area (Å²) in [7, 11) is 1.63. The van der Waals surface area contributed by atoms with Crippen LogP contribution in [0.25, 0.3) is 0 Å². The molecule has 0 radical (unpaired) electrons. The van der Waals surface area contributed by atoms with Crippen LogP contribution in [0, 0.1) is 0 Å². The number of halogens is 1. The molecule has 17 heavy (non-hydrogen) atoms. The minimum absolute atomic E-state index is 0.0444. The van der Waals surface area contributed by atoms with Crippen LogP contribution >= 0.6 is 15.9 Å². The summed E-state index contributed by atoms with van der Waals surface area (Å²) in [5.74, 6) is -0.0652. The fraction of sp³-hybridized carbons (Fsp3) is 0.500. The van der Waals surface area contributed by atoms with Crippen LogP contribution in [0.1, 0.15) is 24.3 Å². The molecule has 1 unspecified atom stereocenters. The molecule has 0 spiro atoms. The number of methoxy groups -OCH3 is 1. The smallest absolute Gasteiger partial charge is 0.272 e. The summed E-state index contributed by atoms with van der Waals surface area (Å²) in [6.07, 6.45) is 1.63. The van der Waals surface area contributed by atoms with Crippen molar-refractivity contribution < 1.29 is 9.53 Å². The van der Waals surface area contributed by atoms with Crippen LogP contribution < -0.4 is 0 Å². The molecule has 4 nitrogen and oxygen atoms in total. The van der Waals surface area contributed by atoms with Crippen molar-refractivity contribution in [1.29, 1.82) is 0 Å². The van der Waals surface area contributed by atoms with Crippen molar-refractivity contribution in [3.05, 3.63) is 28.5 Å². The summed E-state index contributed by atoms with van der Waals surface area (Å²) in [5, 5.41) is 0. The lowest BCUT2D eigenvalue weighted by molar-refractivity contribution is 0.0573. The second kappa shape index (κ2) is 6.71. The maximum Gasteiger partial charge on any atom is 0.272 e. The summed E-state index contributed by atoms with van der Waals surface area (Å²) < 4.78 is 5.93. The number of nitrogens with zero attached hydrogens (tertiary/aromatic N) is 2. The van der Waals surface area contributed by atoms with E-state index < -0.39 is 0 Å². The van der Waals surface area contributed by atoms with Crippen molar-refractivity contribution in [2.45, 2.75) is 19.9 Å². The third kappa shape index (κ3) is 3.78. The Morgan fingerprint density at radius 1 is 1.59 bits per heavy atom. The average molecular weight is 301 g/mol. The summed E-state index contributed by atoms with van der Waals surface area (Å²) in [6, 6.07) is 3.58. The molecule has 0 fully saturated rings. The van der Waals surface area contributed by atoms with Crippen molar-refractivity contribution in [1.82, 2.24) is 9.88 Å². The second-order valence-electron chi connectivity index (χ2n) is 3.76. The molecule has 1 rings (SSSR count). The molecular formula is C12H17BrN2O2. The number of aromatic nitrogens is 1. The largest absolute Gasteiger partial charge is 0.383 e. The van der Waals surface area contributed by atoms with E-state index in [4.69, 9.17) is 4.74 Å². The van der Waals surface area contributed by atoms with Gasteiger partial charge in [0.15, 0.2) is 0 Å². The van der Waals surface area contributed by atoms with Gasteiger partial charge in [-0.3, -0.25) is 4.79 Å². The molecular weight excluding hydrogens is 284 g/mol. The number of carbonyl (C=O) groups is 1. The van der Waals surface area contributed by atoms with Crippen LogP contribution in [-0.4, -0.2) is 42.1 Å². The number of ether oxygens (including phenoxy) is 1. The molecule has 1 atom stereocenters. The summed E-state index contributed by atoms with van der Waals surface area (Å²) in [5.41, 5.74) is 0.456. The monoisotopic (exact) mass is 300 g/mol. The Kier molecular flexibility index (Phi) is 5.58. The topological polar surface area (TPSA) is 42.4 Å². The van der Waals surface area contributed by atoms with E-state index in [-0.39, 0.29) is 11.9 Å². The highest BCUT2D eigenvalue weighted by Crippen LogP contribution is 2.11. The zero-order chi connectivity index (χ0) is 12.8. The van der Waals surface area contributed by atoms with Crippen LogP contribution in [0.3, 0.4) is 0 Å². The van der Waals surface area contributed by atoms with Gasteiger partial charge in [-0.05, 0) is 41.9 Å². The van der Waals surface area contributed by atoms with E-state index >= 15 is 0 Å². The lowest BCUT2D eigenvalue weighted by atomic mass is 10.2. The Morgan fingerprint density at radius 3 is 2.76 bits per heavy atom. The van der Waals surface area contributed by atoms with Gasteiger partial charge in [-0.25, -0.2) is 4.98 Å². The van der Waals surface area contributed by atoms with E-state index in [9.17, 15) is 4.79 Å². The summed E-state index contributed by atoms with van der Waals surface area (Å²) in [4.78, 5) is 18.1. The SMILES string of the molecule is CCN(C(=O)c1ccc(Br)cn1)C(C)COC. The first-order chi connectivity index (χ1) is 8.10. The quantitative estimate of drug-likeness (QED) is 0.838. The van der Waals surface area contributed by atoms with Gasteiger partial charge < -0.3 is 9.64 Å². The van der Waals surface area contributed by atoms with Crippen molar-refractivity contribution in [3.8, 4) is 0 Å². The predicted molar refractivity (Wildman–Crippen MR) is 70.0 cm³/mol. The van der Waals surface area contributed by atoms with Gasteiger partial charge >= 0.3 is 0 Å². The van der Waals surface area contributed by atoms with Gasteiger partial charge in [0, 0.05) is 24.3 Å². The fourth-order valence-corrected chi connectivity index (χ4v) is 1.87. The molecule has 1 aromatic heterocycles. The summed E-state index contributed by atoms with van der Waals surface area (Å²) in [6.45, 7) is 5.07. The molecule has 5 heteroatoms. The minimum atomic E-state index is -0.0652. The molecule has 0 saturated carbocycles. The highest BCUT2D eigenvalue weighted by Gasteiger charge is 2.20. The predicted octanol–water partition coefficient (Wildman–Crippen LogP) is 2.34. The van der Waals surface area contributed by atoms with E-state index in [1.54, 1.807) is 24.3 Å². The third-order valence-electron chi connectivity index (χ3n) is 2.49. The molecule has 0 aliphatic rings. The molecule has 94 valence electrons. The van der Waals surface area contributed by atoms with Crippen LogP contribution in [0.2, 0.25) is 0 Å². The molecule has 0 bridgehead atoms. The number of carbonyl (C=O) groups excluding carboxylic acids is 1. The number of hydrogen-bond acceptors (Lipinski definition) is 3. The van der Waals surface area contributed by atoms with Crippen LogP contribution in [-0.2, 0) is 4.74 Å². The number of amides is 1. The van der Waals surface area contributed by atoms with Crippen molar-refractivity contribution in [2.75, 3.05) is 20.3 Å². The molecule has 0 aliphatic carbocycles. The van der Waals surface area contributed by atoms with Gasteiger partial charge in [0.1, 0.15) is 5.69 Å². The van der Waals surface area contributed by atoms with Crippen molar-refractivity contribution in [2.24, 2.45) is 0 Å². The zero-order valence-electron chi connectivity index (χ0n) is 10.3. The van der Waals surface area contributed by atoms with E-state index in [0.717, 1.165) is 4.47 Å². The fourth-order valence-electron chi connectivity index (χ4n) is 1.64. The van der Waals surface area contributed by atoms with Gasteiger partial charge in [0.05, 0.1) is 12.6 Å². The van der Waals surface area contributed by atoms with E-state index in [2.05, 4.69) is 20.9 Å². The third-order valence-corrected chi connectivity index (χ3v) is 2.96. The van der Waals surface area contributed by atoms with Crippen molar-refractivity contribution >= 4 is 21.8 Å². The van der Waals surface area contributed by atoms with E-state index in [1.165, 1.54) is 0 Å². The minimum Gasteiger partial charge on any atom is -0.383 e. The Labute approximate surface area is 110 Å². The molecule has 0 aliphatic heterocycles. The van der Waals surface area contributed by atoms with Gasteiger partial charge in [-0.2, -0.15) is 0 Å². The molecule has 1 amide bonds. The first kappa shape index (κ1) is 14.1. The lowest BCUT2D eigenvalue weighted by Crippen LogP contribution is -2.41. The number of likely N-dealkylation sites (N-methyl/N-ethyl adjacent to an activating group) is 1. The van der Waals surface area contributed by atoms with E-state index in [0.29, 0.717) is 18.8 Å². The van der Waals surface area contributed by atoms with E-state index in [1.807, 2.05) is 19.9 Å². The van der Waals surface area contributed by atoms with Crippen LogP contribution in [0.5, 0.6) is 0 Å². The van der Waals surface area contributed by atoms with Crippen LogP contribution in [0.15, 0.2) is 22.8 Å². The standard InChI is InChI=1S/C12H17BrN2O2/c1-4-15(9(2)8-17-3)12(16)11-6-5-10(13)7-14-11/h5-7,9H,4,8H2,1-3H3. The number of rotatable bonds is 5. The number of hydrogen-bond donors (Lipinski definition) is 0. The van der Waals surface area contributed by atoms with Crippen LogP contribution in [0.4, 0.5) is 0 Å². The maximum absolute atomic E-state index is 12.2. The first-order valence-corrected chi connectivity index (χ1v) is 6.30. The molecule has 0 aromatic carbocycles. The average Bonchev–Trinajstić information content (AvgIpc) is 2.31. The Bertz CT molecular complexity index is 367. The maximum atomic E-state index is 12.2. The summed E-state index contributed by atoms with van der Waals surface area (Å²) >= 11 is 3.30. The lowest BCUT2D eigenvalue weighted by Gasteiger charge is -2.27. The van der Waals surface area contributed by atoms with Gasteiger partial charge in [0.25, 0.3) is 5.91 Å². The zero-order valence-corrected chi connectivity index (χ0v) is 11.9. The van der Waals surface area contributed by atoms with Gasteiger partial charge in [-0.15, -0.1) is 0 Å². The molecule has 1 aromatic rings. The Balaban J connectivity index is 2.82. The molecule has 1 heterocycles. The van der Waals surface area contributed by atoms with Gasteiger partial charge in [0.2, 0.25) is 0 Å². The second-order valence-corrected chi connectivity index (χ2v) is 4.67. The number of pyridine rings is 1. The van der Waals surface area contributed by atoms with Gasteiger partial charge in [-0.1, -0.05) is 0 Å². The first-order valence-electron chi connectivity index (χ1n) is 5.51. The molecule has 0 N–H and O–H groups in total. The highest BCUT2D eigenvalue weighted by atomic mass is 79.9. The highest BCUT2D eigenvalue weighted by molar-refractivity contribution is 9.10. The normalized spacial score (nSPS) is 12.2. The molecule has 0 saturated heterocycles. The Morgan fingerprint density at radius 2 is 2.29 bits per heavy atom. The van der Waals surface area contributed by atoms with Crippen molar-refractivity contribution in [3.63, 3.8) is 0 Å². The Hall–Kier alpha value is -0.940.